The molecule has 3 atom stereocenters. The van der Waals surface area contributed by atoms with Gasteiger partial charge in [-0.15, -0.1) is 0 Å². The summed E-state index contributed by atoms with van der Waals surface area (Å²) in [6.07, 6.45) is 3.52. The number of urea groups is 1. The van der Waals surface area contributed by atoms with Gasteiger partial charge in [0, 0.05) is 49.4 Å². The van der Waals surface area contributed by atoms with Crippen molar-refractivity contribution in [3.05, 3.63) is 114 Å². The van der Waals surface area contributed by atoms with Gasteiger partial charge >= 0.3 is 6.03 Å². The van der Waals surface area contributed by atoms with Crippen LogP contribution in [-0.2, 0) is 29.7 Å². The Kier molecular flexibility index (Phi) is 8.95. The van der Waals surface area contributed by atoms with Crippen molar-refractivity contribution in [3.8, 4) is 0 Å². The molecule has 3 aromatic carbocycles. The second-order valence-electron chi connectivity index (χ2n) is 9.40. The third-order valence-corrected chi connectivity index (χ3v) is 7.69. The van der Waals surface area contributed by atoms with Crippen LogP contribution in [0.5, 0.6) is 0 Å². The number of thioether (sulfide) groups is 1. The number of imidazole rings is 1. The lowest BCUT2D eigenvalue weighted by atomic mass is 10.0. The van der Waals surface area contributed by atoms with Crippen molar-refractivity contribution < 1.29 is 19.4 Å². The fourth-order valence-electron chi connectivity index (χ4n) is 4.40. The van der Waals surface area contributed by atoms with Crippen LogP contribution in [0.3, 0.4) is 0 Å². The molecule has 1 saturated heterocycles. The molecule has 1 aliphatic heterocycles. The number of hydrogen-bond donors (Lipinski definition) is 3. The number of aryl methyl sites for hydroxylation is 1. The Morgan fingerprint density at radius 1 is 1.03 bits per heavy atom. The lowest BCUT2D eigenvalue weighted by molar-refractivity contribution is -0.245. The van der Waals surface area contributed by atoms with Crippen LogP contribution < -0.4 is 10.6 Å². The van der Waals surface area contributed by atoms with Crippen molar-refractivity contribution in [3.63, 3.8) is 0 Å². The van der Waals surface area contributed by atoms with Gasteiger partial charge in [-0.1, -0.05) is 78.5 Å². The maximum absolute atomic E-state index is 12.5. The lowest BCUT2D eigenvalue weighted by Gasteiger charge is -2.36. The second kappa shape index (κ2) is 12.9. The minimum Gasteiger partial charge on any atom is -0.392 e. The highest BCUT2D eigenvalue weighted by Crippen LogP contribution is 2.39. The molecule has 0 unspecified atom stereocenters. The van der Waals surface area contributed by atoms with E-state index in [4.69, 9.17) is 9.47 Å². The van der Waals surface area contributed by atoms with Gasteiger partial charge in [-0.25, -0.2) is 9.78 Å². The Hall–Kier alpha value is -3.63. The number of benzene rings is 3. The maximum atomic E-state index is 12.5. The number of hydrogen-bond acceptors (Lipinski definition) is 6. The van der Waals surface area contributed by atoms with Crippen LogP contribution in [0.25, 0.3) is 0 Å². The summed E-state index contributed by atoms with van der Waals surface area (Å²) in [7, 11) is 1.98. The van der Waals surface area contributed by atoms with Crippen LogP contribution in [0.1, 0.15) is 41.1 Å². The molecule has 2 heterocycles. The van der Waals surface area contributed by atoms with Crippen molar-refractivity contribution in [2.75, 3.05) is 11.1 Å². The third-order valence-electron chi connectivity index (χ3n) is 6.50. The summed E-state index contributed by atoms with van der Waals surface area (Å²) in [5.41, 5.74) is 4.38. The molecule has 0 radical (unpaired) electrons. The molecular weight excluding hydrogens is 512 g/mol. The molecule has 2 amide bonds. The number of aliphatic hydroxyl groups is 1. The van der Waals surface area contributed by atoms with Crippen LogP contribution >= 0.6 is 11.8 Å². The molecule has 3 N–H and O–H groups in total. The molecule has 0 bridgehead atoms. The molecule has 39 heavy (non-hydrogen) atoms. The van der Waals surface area contributed by atoms with Gasteiger partial charge in [-0.05, 0) is 28.8 Å². The van der Waals surface area contributed by atoms with E-state index in [0.29, 0.717) is 18.7 Å². The van der Waals surface area contributed by atoms with Crippen LogP contribution in [0.4, 0.5) is 10.5 Å². The number of aromatic nitrogens is 2. The molecule has 9 heteroatoms. The maximum Gasteiger partial charge on any atom is 0.319 e. The number of nitrogens with zero attached hydrogens (tertiary/aromatic N) is 2. The fraction of sp³-hybridized carbons (Fsp3) is 0.267. The predicted molar refractivity (Wildman–Crippen MR) is 151 cm³/mol. The topological polar surface area (TPSA) is 97.6 Å². The Bertz CT molecular complexity index is 1360. The van der Waals surface area contributed by atoms with E-state index >= 15 is 0 Å². The second-order valence-corrected chi connectivity index (χ2v) is 10.4. The van der Waals surface area contributed by atoms with Gasteiger partial charge in [0.2, 0.25) is 0 Å². The Balaban J connectivity index is 1.29. The molecular formula is C30H32N4O4S. The number of rotatable bonds is 9. The first-order chi connectivity index (χ1) is 19.1. The first kappa shape index (κ1) is 27.0. The van der Waals surface area contributed by atoms with E-state index in [0.717, 1.165) is 33.2 Å². The average molecular weight is 545 g/mol. The van der Waals surface area contributed by atoms with Crippen LogP contribution in [0.15, 0.2) is 96.4 Å². The molecule has 1 fully saturated rings. The standard InChI is InChI=1S/C30H32N4O4S/c1-34-15-14-31-30(34)39-20-26-17-27(23-12-10-22(19-35)11-13-23)38-28(37-26)24-8-5-9-25(16-24)33-29(36)32-18-21-6-3-2-4-7-21/h2-16,26-28,35H,17-20H2,1H3,(H2,32,33,36)/t26-,27+,28+/m0/s1. The summed E-state index contributed by atoms with van der Waals surface area (Å²) in [4.78, 5) is 16.9. The molecule has 0 spiro atoms. The van der Waals surface area contributed by atoms with Gasteiger partial charge in [0.15, 0.2) is 11.4 Å². The van der Waals surface area contributed by atoms with Gasteiger partial charge in [0.05, 0.1) is 18.8 Å². The van der Waals surface area contributed by atoms with Crippen LogP contribution in [0.2, 0.25) is 0 Å². The lowest BCUT2D eigenvalue weighted by Crippen LogP contribution is -2.31. The van der Waals surface area contributed by atoms with Gasteiger partial charge in [0.1, 0.15) is 0 Å². The van der Waals surface area contributed by atoms with Gasteiger partial charge in [-0.3, -0.25) is 0 Å². The monoisotopic (exact) mass is 544 g/mol. The zero-order chi connectivity index (χ0) is 27.0. The summed E-state index contributed by atoms with van der Waals surface area (Å²) in [6, 6.07) is 24.9. The van der Waals surface area contributed by atoms with E-state index < -0.39 is 6.29 Å². The van der Waals surface area contributed by atoms with Crippen molar-refractivity contribution >= 4 is 23.5 Å². The van der Waals surface area contributed by atoms with Crippen molar-refractivity contribution in [1.29, 1.82) is 0 Å². The minimum absolute atomic E-state index is 0.000806. The summed E-state index contributed by atoms with van der Waals surface area (Å²) in [6.45, 7) is 0.437. The molecule has 5 rings (SSSR count). The Morgan fingerprint density at radius 2 is 1.85 bits per heavy atom. The largest absolute Gasteiger partial charge is 0.392 e. The summed E-state index contributed by atoms with van der Waals surface area (Å²) in [5.74, 6) is 0.718. The highest BCUT2D eigenvalue weighted by atomic mass is 32.2. The van der Waals surface area contributed by atoms with Gasteiger partial charge in [-0.2, -0.15) is 0 Å². The van der Waals surface area contributed by atoms with E-state index in [1.807, 2.05) is 96.7 Å². The molecule has 0 saturated carbocycles. The number of carbonyl (C=O) groups excluding carboxylic acids is 1. The number of nitrogens with one attached hydrogen (secondary N) is 2. The molecule has 1 aromatic heterocycles. The van der Waals surface area contributed by atoms with E-state index in [-0.39, 0.29) is 24.8 Å². The van der Waals surface area contributed by atoms with Crippen LogP contribution in [-0.4, -0.2) is 32.5 Å². The summed E-state index contributed by atoms with van der Waals surface area (Å²) >= 11 is 1.65. The SMILES string of the molecule is Cn1ccnc1SC[C@@H]1C[C@H](c2ccc(CO)cc2)O[C@H](c2cccc(NC(=O)NCc3ccccc3)c2)O1. The number of carbonyl (C=O) groups is 1. The summed E-state index contributed by atoms with van der Waals surface area (Å²) < 4.78 is 14.9. The quantitative estimate of drug-likeness (QED) is 0.238. The van der Waals surface area contributed by atoms with Crippen LogP contribution in [0, 0.1) is 0 Å². The van der Waals surface area contributed by atoms with E-state index in [2.05, 4.69) is 15.6 Å². The Morgan fingerprint density at radius 3 is 2.59 bits per heavy atom. The molecule has 8 nitrogen and oxygen atoms in total. The molecule has 1 aliphatic rings. The average Bonchev–Trinajstić information content (AvgIpc) is 3.40. The number of ether oxygens (including phenoxy) is 2. The van der Waals surface area contributed by atoms with E-state index in [1.165, 1.54) is 0 Å². The van der Waals surface area contributed by atoms with Gasteiger partial charge < -0.3 is 29.8 Å². The fourth-order valence-corrected chi connectivity index (χ4v) is 5.35. The van der Waals surface area contributed by atoms with E-state index in [9.17, 15) is 9.90 Å². The zero-order valence-electron chi connectivity index (χ0n) is 21.7. The molecule has 0 aliphatic carbocycles. The summed E-state index contributed by atoms with van der Waals surface area (Å²) in [5, 5.41) is 16.2. The number of anilines is 1. The zero-order valence-corrected chi connectivity index (χ0v) is 22.5. The number of aliphatic hydroxyl groups excluding tert-OH is 1. The van der Waals surface area contributed by atoms with Gasteiger partial charge in [0.25, 0.3) is 0 Å². The predicted octanol–water partition coefficient (Wildman–Crippen LogP) is 5.57. The highest BCUT2D eigenvalue weighted by molar-refractivity contribution is 7.99. The minimum atomic E-state index is -0.609. The van der Waals surface area contributed by atoms with Crippen molar-refractivity contribution in [2.45, 2.75) is 43.2 Å². The number of amides is 2. The Labute approximate surface area is 232 Å². The molecule has 4 aromatic rings. The molecule has 202 valence electrons. The first-order valence-electron chi connectivity index (χ1n) is 12.9. The normalized spacial score (nSPS) is 19.0. The smallest absolute Gasteiger partial charge is 0.319 e. The van der Waals surface area contributed by atoms with Crippen molar-refractivity contribution in [2.24, 2.45) is 7.05 Å². The third kappa shape index (κ3) is 7.27. The van der Waals surface area contributed by atoms with Crippen molar-refractivity contribution in [1.82, 2.24) is 14.9 Å². The highest BCUT2D eigenvalue weighted by Gasteiger charge is 2.32. The first-order valence-corrected chi connectivity index (χ1v) is 13.9. The van der Waals surface area contributed by atoms with E-state index in [1.54, 1.807) is 18.0 Å².